The summed E-state index contributed by atoms with van der Waals surface area (Å²) in [6, 6.07) is 16.2. The quantitative estimate of drug-likeness (QED) is 0.220. The molecule has 1 N–H and O–H groups in total. The largest absolute Gasteiger partial charge is 0.490 e. The van der Waals surface area contributed by atoms with Gasteiger partial charge in [0.2, 0.25) is 5.91 Å². The van der Waals surface area contributed by atoms with Crippen molar-refractivity contribution in [3.63, 3.8) is 0 Å². The van der Waals surface area contributed by atoms with Gasteiger partial charge in [0.25, 0.3) is 0 Å². The zero-order valence-corrected chi connectivity index (χ0v) is 22.7. The maximum absolute atomic E-state index is 12.9. The summed E-state index contributed by atoms with van der Waals surface area (Å²) in [5.41, 5.74) is 1.33. The Balaban J connectivity index is 1.71. The van der Waals surface area contributed by atoms with Crippen LogP contribution in [0, 0.1) is 0 Å². The van der Waals surface area contributed by atoms with E-state index in [0.29, 0.717) is 45.7 Å². The monoisotopic (exact) mass is 523 g/mol. The van der Waals surface area contributed by atoms with Gasteiger partial charge >= 0.3 is 5.97 Å². The molecule has 0 radical (unpaired) electrons. The second-order valence-corrected chi connectivity index (χ2v) is 10.3. The van der Waals surface area contributed by atoms with Gasteiger partial charge in [-0.2, -0.15) is 0 Å². The molecular weight excluding hydrogens is 490 g/mol. The lowest BCUT2D eigenvalue weighted by atomic mass is 10.1. The Labute approximate surface area is 221 Å². The van der Waals surface area contributed by atoms with Gasteiger partial charge in [-0.05, 0) is 64.4 Å². The first-order valence-corrected chi connectivity index (χ1v) is 13.1. The standard InChI is InChI=1S/C29H33NO6S/c1-6-34-23-15-13-20(17-24(23)35-7-2)22(31)14-16-25(32)30-26-18-21(19-11-9-8-10-12-19)27(37-26)28(33)36-29(3,4)5/h8-13,15,17-18H,6-7,14,16H2,1-5H3,(H,30,32). The van der Waals surface area contributed by atoms with Crippen LogP contribution in [0.1, 0.15) is 67.5 Å². The van der Waals surface area contributed by atoms with Gasteiger partial charge in [0, 0.05) is 24.0 Å². The molecule has 0 atom stereocenters. The number of carbonyl (C=O) groups is 3. The fraction of sp³-hybridized carbons (Fsp3) is 0.345. The second-order valence-electron chi connectivity index (χ2n) is 9.22. The number of ketones is 1. The van der Waals surface area contributed by atoms with Gasteiger partial charge in [-0.3, -0.25) is 9.59 Å². The van der Waals surface area contributed by atoms with Crippen LogP contribution in [0.2, 0.25) is 0 Å². The van der Waals surface area contributed by atoms with E-state index in [2.05, 4.69) is 5.32 Å². The van der Waals surface area contributed by atoms with Crippen LogP contribution in [-0.2, 0) is 9.53 Å². The van der Waals surface area contributed by atoms with Gasteiger partial charge in [0.1, 0.15) is 10.5 Å². The zero-order chi connectivity index (χ0) is 27.0. The lowest BCUT2D eigenvalue weighted by Gasteiger charge is -2.19. The molecule has 0 saturated heterocycles. The van der Waals surface area contributed by atoms with Crippen molar-refractivity contribution in [2.45, 2.75) is 53.1 Å². The van der Waals surface area contributed by atoms with Gasteiger partial charge in [-0.25, -0.2) is 4.79 Å². The third-order valence-corrected chi connectivity index (χ3v) is 6.14. The summed E-state index contributed by atoms with van der Waals surface area (Å²) in [6.45, 7) is 10.1. The van der Waals surface area contributed by atoms with Crippen molar-refractivity contribution in [1.82, 2.24) is 0 Å². The number of benzene rings is 2. The van der Waals surface area contributed by atoms with Crippen molar-refractivity contribution >= 4 is 34.0 Å². The molecule has 196 valence electrons. The van der Waals surface area contributed by atoms with Crippen LogP contribution in [0.25, 0.3) is 11.1 Å². The Morgan fingerprint density at radius 1 is 0.865 bits per heavy atom. The molecule has 0 aliphatic rings. The molecule has 0 unspecified atom stereocenters. The maximum atomic E-state index is 12.9. The molecular formula is C29H33NO6S. The number of amides is 1. The molecule has 0 aliphatic carbocycles. The Hall–Kier alpha value is -3.65. The molecule has 2 aromatic carbocycles. The number of anilines is 1. The van der Waals surface area contributed by atoms with E-state index in [1.807, 2.05) is 65.0 Å². The molecule has 3 rings (SSSR count). The minimum Gasteiger partial charge on any atom is -0.490 e. The smallest absolute Gasteiger partial charge is 0.349 e. The minimum atomic E-state index is -0.651. The highest BCUT2D eigenvalue weighted by Gasteiger charge is 2.24. The van der Waals surface area contributed by atoms with Crippen LogP contribution >= 0.6 is 11.3 Å². The predicted molar refractivity (Wildman–Crippen MR) is 146 cm³/mol. The van der Waals surface area contributed by atoms with E-state index in [4.69, 9.17) is 14.2 Å². The molecule has 0 spiro atoms. The molecule has 3 aromatic rings. The van der Waals surface area contributed by atoms with E-state index in [1.54, 1.807) is 24.3 Å². The van der Waals surface area contributed by atoms with E-state index in [9.17, 15) is 14.4 Å². The van der Waals surface area contributed by atoms with E-state index >= 15 is 0 Å². The van der Waals surface area contributed by atoms with E-state index < -0.39 is 11.6 Å². The Kier molecular flexibility index (Phi) is 9.47. The first-order valence-electron chi connectivity index (χ1n) is 12.3. The van der Waals surface area contributed by atoms with Gasteiger partial charge < -0.3 is 19.5 Å². The fourth-order valence-corrected chi connectivity index (χ4v) is 4.53. The van der Waals surface area contributed by atoms with E-state index in [0.717, 1.165) is 16.9 Å². The second kappa shape index (κ2) is 12.5. The average Bonchev–Trinajstić information content (AvgIpc) is 3.27. The van der Waals surface area contributed by atoms with Gasteiger partial charge in [-0.15, -0.1) is 11.3 Å². The van der Waals surface area contributed by atoms with Crippen molar-refractivity contribution in [2.24, 2.45) is 0 Å². The summed E-state index contributed by atoms with van der Waals surface area (Å²) >= 11 is 1.15. The van der Waals surface area contributed by atoms with Crippen LogP contribution in [-0.4, -0.2) is 36.5 Å². The lowest BCUT2D eigenvalue weighted by Crippen LogP contribution is -2.23. The van der Waals surface area contributed by atoms with Crippen molar-refractivity contribution in [1.29, 1.82) is 0 Å². The third-order valence-electron chi connectivity index (χ3n) is 5.11. The molecule has 7 nitrogen and oxygen atoms in total. The fourth-order valence-electron chi connectivity index (χ4n) is 3.56. The van der Waals surface area contributed by atoms with Crippen LogP contribution in [0.4, 0.5) is 5.00 Å². The van der Waals surface area contributed by atoms with Gasteiger partial charge in [0.15, 0.2) is 17.3 Å². The topological polar surface area (TPSA) is 90.9 Å². The number of rotatable bonds is 11. The molecule has 8 heteroatoms. The number of hydrogen-bond acceptors (Lipinski definition) is 7. The first kappa shape index (κ1) is 27.9. The summed E-state index contributed by atoms with van der Waals surface area (Å²) in [4.78, 5) is 38.7. The SMILES string of the molecule is CCOc1ccc(C(=O)CCC(=O)Nc2cc(-c3ccccc3)c(C(=O)OC(C)(C)C)s2)cc1OCC. The molecule has 37 heavy (non-hydrogen) atoms. The number of hydrogen-bond donors (Lipinski definition) is 1. The van der Waals surface area contributed by atoms with Crippen LogP contribution in [0.15, 0.2) is 54.6 Å². The van der Waals surface area contributed by atoms with Crippen LogP contribution < -0.4 is 14.8 Å². The average molecular weight is 524 g/mol. The van der Waals surface area contributed by atoms with Crippen molar-refractivity contribution in [2.75, 3.05) is 18.5 Å². The highest BCUT2D eigenvalue weighted by atomic mass is 32.1. The third kappa shape index (κ3) is 7.92. The van der Waals surface area contributed by atoms with E-state index in [-0.39, 0.29) is 24.5 Å². The maximum Gasteiger partial charge on any atom is 0.349 e. The van der Waals surface area contributed by atoms with Crippen molar-refractivity contribution < 1.29 is 28.6 Å². The summed E-state index contributed by atoms with van der Waals surface area (Å²) in [5.74, 6) is 0.131. The summed E-state index contributed by atoms with van der Waals surface area (Å²) in [6.07, 6.45) is 0.0254. The number of ether oxygens (including phenoxy) is 3. The molecule has 1 heterocycles. The Morgan fingerprint density at radius 3 is 2.19 bits per heavy atom. The zero-order valence-electron chi connectivity index (χ0n) is 21.9. The highest BCUT2D eigenvalue weighted by molar-refractivity contribution is 7.18. The molecule has 1 aromatic heterocycles. The molecule has 0 aliphatic heterocycles. The van der Waals surface area contributed by atoms with E-state index in [1.165, 1.54) is 0 Å². The molecule has 0 bridgehead atoms. The number of carbonyl (C=O) groups excluding carboxylic acids is 3. The molecule has 0 fully saturated rings. The molecule has 1 amide bonds. The van der Waals surface area contributed by atoms with Gasteiger partial charge in [-0.1, -0.05) is 30.3 Å². The number of nitrogens with one attached hydrogen (secondary N) is 1. The molecule has 0 saturated carbocycles. The van der Waals surface area contributed by atoms with Crippen molar-refractivity contribution in [3.05, 3.63) is 65.0 Å². The summed E-state index contributed by atoms with van der Waals surface area (Å²) < 4.78 is 16.7. The predicted octanol–water partition coefficient (Wildman–Crippen LogP) is 6.77. The first-order chi connectivity index (χ1) is 17.6. The van der Waals surface area contributed by atoms with Gasteiger partial charge in [0.05, 0.1) is 18.2 Å². The minimum absolute atomic E-state index is 0.00362. The summed E-state index contributed by atoms with van der Waals surface area (Å²) in [5, 5.41) is 3.34. The van der Waals surface area contributed by atoms with Crippen LogP contribution in [0.3, 0.4) is 0 Å². The Bertz CT molecular complexity index is 1240. The summed E-state index contributed by atoms with van der Waals surface area (Å²) in [7, 11) is 0. The number of esters is 1. The highest BCUT2D eigenvalue weighted by Crippen LogP contribution is 2.36. The van der Waals surface area contributed by atoms with Crippen molar-refractivity contribution in [3.8, 4) is 22.6 Å². The normalized spacial score (nSPS) is 11.1. The number of thiophene rings is 1. The lowest BCUT2D eigenvalue weighted by molar-refractivity contribution is -0.116. The Morgan fingerprint density at radius 2 is 1.54 bits per heavy atom. The van der Waals surface area contributed by atoms with Crippen LogP contribution in [0.5, 0.6) is 11.5 Å². The number of Topliss-reactive ketones (excluding diaryl/α,β-unsaturated/α-hetero) is 1.